The van der Waals surface area contributed by atoms with Crippen LogP contribution in [-0.4, -0.2) is 25.5 Å². The highest BCUT2D eigenvalue weighted by Gasteiger charge is 2.21. The van der Waals surface area contributed by atoms with E-state index in [2.05, 4.69) is 24.5 Å². The second kappa shape index (κ2) is 11.0. The molecule has 0 unspecified atom stereocenters. The van der Waals surface area contributed by atoms with Gasteiger partial charge in [-0.15, -0.1) is 0 Å². The minimum atomic E-state index is -0.775. The lowest BCUT2D eigenvalue weighted by Crippen LogP contribution is -2.41. The summed E-state index contributed by atoms with van der Waals surface area (Å²) in [5.41, 5.74) is 1.65. The summed E-state index contributed by atoms with van der Waals surface area (Å²) < 4.78 is 11.3. The molecule has 0 aliphatic rings. The van der Waals surface area contributed by atoms with E-state index in [1.54, 1.807) is 73.8 Å². The van der Waals surface area contributed by atoms with Crippen LogP contribution in [0.4, 0.5) is 0 Å². The fourth-order valence-corrected chi connectivity index (χ4v) is 3.05. The topological polar surface area (TPSA) is 76.7 Å². The second-order valence-corrected chi connectivity index (χ2v) is 7.73. The molecule has 3 aromatic rings. The molecule has 0 bridgehead atoms. The molecule has 0 saturated carbocycles. The van der Waals surface area contributed by atoms with Crippen molar-refractivity contribution < 1.29 is 19.1 Å². The number of ether oxygens (including phenoxy) is 2. The van der Waals surface area contributed by atoms with Crippen molar-refractivity contribution in [3.8, 4) is 11.5 Å². The van der Waals surface area contributed by atoms with Crippen LogP contribution in [0.15, 0.2) is 78.9 Å². The summed E-state index contributed by atoms with van der Waals surface area (Å²) in [5, 5.41) is 5.81. The molecule has 2 N–H and O–H groups in total. The molecule has 3 aromatic carbocycles. The van der Waals surface area contributed by atoms with Gasteiger partial charge in [0.2, 0.25) is 0 Å². The van der Waals surface area contributed by atoms with Gasteiger partial charge >= 0.3 is 0 Å². The van der Waals surface area contributed by atoms with E-state index in [-0.39, 0.29) is 11.8 Å². The molecule has 0 spiro atoms. The van der Waals surface area contributed by atoms with Crippen LogP contribution in [-0.2, 0) is 0 Å². The first-order valence-electron chi connectivity index (χ1n) is 10.5. The fourth-order valence-electron chi connectivity index (χ4n) is 3.05. The summed E-state index contributed by atoms with van der Waals surface area (Å²) >= 11 is 0. The van der Waals surface area contributed by atoms with Crippen LogP contribution in [0, 0.1) is 5.92 Å². The number of carbonyl (C=O) groups is 2. The van der Waals surface area contributed by atoms with Gasteiger partial charge in [-0.25, -0.2) is 0 Å². The zero-order chi connectivity index (χ0) is 22.9. The Morgan fingerprint density at radius 1 is 0.781 bits per heavy atom. The molecular formula is C26H28N2O4. The largest absolute Gasteiger partial charge is 0.493 e. The number of benzene rings is 3. The van der Waals surface area contributed by atoms with E-state index in [1.165, 1.54) is 0 Å². The van der Waals surface area contributed by atoms with Gasteiger partial charge in [0.1, 0.15) is 6.17 Å². The minimum absolute atomic E-state index is 0.303. The molecule has 0 saturated heterocycles. The van der Waals surface area contributed by atoms with E-state index in [0.717, 1.165) is 0 Å². The normalized spacial score (nSPS) is 10.7. The van der Waals surface area contributed by atoms with Crippen molar-refractivity contribution in [2.75, 3.05) is 13.7 Å². The average molecular weight is 433 g/mol. The zero-order valence-corrected chi connectivity index (χ0v) is 18.5. The third-order valence-electron chi connectivity index (χ3n) is 4.72. The van der Waals surface area contributed by atoms with Gasteiger partial charge in [0.05, 0.1) is 13.7 Å². The third-order valence-corrected chi connectivity index (χ3v) is 4.72. The maximum atomic E-state index is 12.8. The summed E-state index contributed by atoms with van der Waals surface area (Å²) in [6, 6.07) is 23.0. The first kappa shape index (κ1) is 22.9. The molecule has 0 heterocycles. The number of rotatable bonds is 9. The SMILES string of the molecule is COc1cc(C(NC(=O)c2ccccc2)NC(=O)c2ccccc2)ccc1OCC(C)C. The van der Waals surface area contributed by atoms with Crippen LogP contribution < -0.4 is 20.1 Å². The molecule has 0 aliphatic heterocycles. The van der Waals surface area contributed by atoms with Crippen LogP contribution in [0.25, 0.3) is 0 Å². The Morgan fingerprint density at radius 2 is 1.31 bits per heavy atom. The maximum Gasteiger partial charge on any atom is 0.253 e. The van der Waals surface area contributed by atoms with Gasteiger partial charge in [-0.3, -0.25) is 9.59 Å². The summed E-state index contributed by atoms with van der Waals surface area (Å²) in [6.45, 7) is 4.68. The number of carbonyl (C=O) groups excluding carboxylic acids is 2. The molecule has 3 rings (SSSR count). The molecule has 2 amide bonds. The van der Waals surface area contributed by atoms with Crippen LogP contribution in [0.5, 0.6) is 11.5 Å². The minimum Gasteiger partial charge on any atom is -0.493 e. The van der Waals surface area contributed by atoms with Crippen molar-refractivity contribution in [2.45, 2.75) is 20.0 Å². The highest BCUT2D eigenvalue weighted by Crippen LogP contribution is 2.30. The van der Waals surface area contributed by atoms with Gasteiger partial charge < -0.3 is 20.1 Å². The van der Waals surface area contributed by atoms with Crippen LogP contribution in [0.3, 0.4) is 0 Å². The third kappa shape index (κ3) is 6.11. The quantitative estimate of drug-likeness (QED) is 0.485. The van der Waals surface area contributed by atoms with E-state index in [9.17, 15) is 9.59 Å². The Kier molecular flexibility index (Phi) is 7.86. The summed E-state index contributed by atoms with van der Waals surface area (Å²) in [6.07, 6.45) is -0.775. The first-order chi connectivity index (χ1) is 15.5. The maximum absolute atomic E-state index is 12.8. The molecule has 0 aromatic heterocycles. The molecule has 0 radical (unpaired) electrons. The Balaban J connectivity index is 1.88. The van der Waals surface area contributed by atoms with Gasteiger partial charge in [-0.2, -0.15) is 0 Å². The van der Waals surface area contributed by atoms with Crippen LogP contribution >= 0.6 is 0 Å². The van der Waals surface area contributed by atoms with E-state index < -0.39 is 6.17 Å². The van der Waals surface area contributed by atoms with E-state index >= 15 is 0 Å². The number of hydrogen-bond donors (Lipinski definition) is 2. The van der Waals surface area contributed by atoms with Crippen molar-refractivity contribution in [1.29, 1.82) is 0 Å². The van der Waals surface area contributed by atoms with E-state index in [4.69, 9.17) is 9.47 Å². The van der Waals surface area contributed by atoms with E-state index in [0.29, 0.717) is 40.7 Å². The molecule has 32 heavy (non-hydrogen) atoms. The Labute approximate surface area is 188 Å². The monoisotopic (exact) mass is 432 g/mol. The number of methoxy groups -OCH3 is 1. The van der Waals surface area contributed by atoms with Gasteiger partial charge in [-0.05, 0) is 47.9 Å². The molecule has 6 heteroatoms. The highest BCUT2D eigenvalue weighted by atomic mass is 16.5. The lowest BCUT2D eigenvalue weighted by atomic mass is 10.1. The van der Waals surface area contributed by atoms with E-state index in [1.807, 2.05) is 12.1 Å². The first-order valence-corrected chi connectivity index (χ1v) is 10.5. The van der Waals surface area contributed by atoms with Crippen molar-refractivity contribution in [2.24, 2.45) is 5.92 Å². The number of hydrogen-bond acceptors (Lipinski definition) is 4. The van der Waals surface area contributed by atoms with Crippen LogP contribution in [0.2, 0.25) is 0 Å². The smallest absolute Gasteiger partial charge is 0.253 e. The lowest BCUT2D eigenvalue weighted by Gasteiger charge is -2.22. The van der Waals surface area contributed by atoms with Crippen molar-refractivity contribution in [1.82, 2.24) is 10.6 Å². The van der Waals surface area contributed by atoms with Crippen molar-refractivity contribution in [3.63, 3.8) is 0 Å². The summed E-state index contributed by atoms with van der Waals surface area (Å²) in [4.78, 5) is 25.7. The summed E-state index contributed by atoms with van der Waals surface area (Å²) in [5.74, 6) is 0.886. The zero-order valence-electron chi connectivity index (χ0n) is 18.5. The molecule has 0 atom stereocenters. The van der Waals surface area contributed by atoms with Crippen LogP contribution in [0.1, 0.15) is 46.3 Å². The highest BCUT2D eigenvalue weighted by molar-refractivity contribution is 5.96. The van der Waals surface area contributed by atoms with Gasteiger partial charge in [0, 0.05) is 11.1 Å². The Morgan fingerprint density at radius 3 is 1.78 bits per heavy atom. The molecular weight excluding hydrogens is 404 g/mol. The van der Waals surface area contributed by atoms with Crippen molar-refractivity contribution >= 4 is 11.8 Å². The Hall–Kier alpha value is -3.80. The molecule has 166 valence electrons. The number of amides is 2. The van der Waals surface area contributed by atoms with Gasteiger partial charge in [-0.1, -0.05) is 56.3 Å². The van der Waals surface area contributed by atoms with Gasteiger partial charge in [0.25, 0.3) is 11.8 Å². The predicted octanol–water partition coefficient (Wildman–Crippen LogP) is 4.59. The predicted molar refractivity (Wildman–Crippen MR) is 124 cm³/mol. The van der Waals surface area contributed by atoms with Crippen molar-refractivity contribution in [3.05, 3.63) is 95.6 Å². The lowest BCUT2D eigenvalue weighted by molar-refractivity contribution is 0.0883. The van der Waals surface area contributed by atoms with Gasteiger partial charge in [0.15, 0.2) is 11.5 Å². The average Bonchev–Trinajstić information content (AvgIpc) is 2.83. The second-order valence-electron chi connectivity index (χ2n) is 7.73. The number of nitrogens with one attached hydrogen (secondary N) is 2. The molecule has 0 aliphatic carbocycles. The fraction of sp³-hybridized carbons (Fsp3) is 0.231. The molecule has 0 fully saturated rings. The standard InChI is InChI=1S/C26H28N2O4/c1-18(2)17-32-22-15-14-21(16-23(22)31-3)24(27-25(29)19-10-6-4-7-11-19)28-26(30)20-12-8-5-9-13-20/h4-16,18,24H,17H2,1-3H3,(H,27,29)(H,28,30). The summed E-state index contributed by atoms with van der Waals surface area (Å²) in [7, 11) is 1.56. The Bertz CT molecular complexity index is 983. The molecule has 6 nitrogen and oxygen atoms in total.